The second-order valence-electron chi connectivity index (χ2n) is 7.92. The monoisotopic (exact) mass is 451 g/mol. The van der Waals surface area contributed by atoms with Crippen LogP contribution in [0.3, 0.4) is 0 Å². The van der Waals surface area contributed by atoms with E-state index in [1.54, 1.807) is 11.0 Å². The zero-order chi connectivity index (χ0) is 21.7. The number of imide groups is 1. The Morgan fingerprint density at radius 3 is 2.50 bits per heavy atom. The number of halogens is 1. The number of anilines is 1. The number of aromatic nitrogens is 2. The number of fused-ring (bicyclic) bond motifs is 1. The Bertz CT molecular complexity index is 1230. The van der Waals surface area contributed by atoms with Gasteiger partial charge in [-0.05, 0) is 41.8 Å². The summed E-state index contributed by atoms with van der Waals surface area (Å²) < 4.78 is 2.00. The molecule has 3 N–H and O–H groups in total. The maximum atomic E-state index is 12.9. The Labute approximate surface area is 190 Å². The van der Waals surface area contributed by atoms with Gasteiger partial charge in [-0.25, -0.2) is 4.98 Å². The number of imidazole rings is 1. The van der Waals surface area contributed by atoms with Crippen molar-refractivity contribution in [2.75, 3.05) is 5.73 Å². The third kappa shape index (κ3) is 3.52. The Balaban J connectivity index is 0.00000245. The standard InChI is InChI=1S/C23H21N5O3.ClH/c1-27-19(13-2-5-16(24)6-3-13)11-25-21(27)14-4-7-17-15(10-14)12-28(23(17)31)18-8-9-20(29)26-22(18)30;/h2-7,10-11,18H,8-9,12,24H2,1H3,(H,26,29,30);1H. The minimum Gasteiger partial charge on any atom is -0.399 e. The third-order valence-corrected chi connectivity index (χ3v) is 5.98. The van der Waals surface area contributed by atoms with Crippen molar-refractivity contribution in [2.45, 2.75) is 25.4 Å². The number of benzene rings is 2. The molecule has 0 saturated carbocycles. The van der Waals surface area contributed by atoms with E-state index >= 15 is 0 Å². The average molecular weight is 452 g/mol. The van der Waals surface area contributed by atoms with Gasteiger partial charge in [0.25, 0.3) is 5.91 Å². The zero-order valence-corrected chi connectivity index (χ0v) is 18.2. The topological polar surface area (TPSA) is 110 Å². The van der Waals surface area contributed by atoms with E-state index in [1.165, 1.54) is 0 Å². The summed E-state index contributed by atoms with van der Waals surface area (Å²) in [5.41, 5.74) is 10.8. The number of carbonyl (C=O) groups excluding carboxylic acids is 3. The summed E-state index contributed by atoms with van der Waals surface area (Å²) in [6, 6.07) is 12.6. The third-order valence-electron chi connectivity index (χ3n) is 5.98. The Morgan fingerprint density at radius 2 is 1.78 bits per heavy atom. The second-order valence-corrected chi connectivity index (χ2v) is 7.92. The van der Waals surface area contributed by atoms with Crippen molar-refractivity contribution in [3.05, 3.63) is 59.8 Å². The Hall–Kier alpha value is -3.65. The quantitative estimate of drug-likeness (QED) is 0.469. The molecule has 5 rings (SSSR count). The molecule has 1 aromatic heterocycles. The van der Waals surface area contributed by atoms with Gasteiger partial charge in [0.1, 0.15) is 11.9 Å². The molecule has 9 heteroatoms. The second kappa shape index (κ2) is 8.12. The molecule has 3 heterocycles. The van der Waals surface area contributed by atoms with Gasteiger partial charge in [-0.15, -0.1) is 12.4 Å². The van der Waals surface area contributed by atoms with Crippen LogP contribution in [-0.4, -0.2) is 38.2 Å². The summed E-state index contributed by atoms with van der Waals surface area (Å²) in [6.45, 7) is 0.337. The van der Waals surface area contributed by atoms with E-state index in [9.17, 15) is 14.4 Å². The molecule has 1 unspecified atom stereocenters. The van der Waals surface area contributed by atoms with Crippen molar-refractivity contribution in [1.82, 2.24) is 19.8 Å². The first-order valence-electron chi connectivity index (χ1n) is 10.1. The van der Waals surface area contributed by atoms with Crippen LogP contribution in [0.25, 0.3) is 22.6 Å². The number of amides is 3. The van der Waals surface area contributed by atoms with E-state index in [2.05, 4.69) is 10.3 Å². The first kappa shape index (κ1) is 21.6. The van der Waals surface area contributed by atoms with Gasteiger partial charge < -0.3 is 15.2 Å². The molecule has 2 aliphatic rings. The first-order chi connectivity index (χ1) is 14.9. The molecule has 0 radical (unpaired) electrons. The maximum Gasteiger partial charge on any atom is 0.255 e. The van der Waals surface area contributed by atoms with Gasteiger partial charge in [-0.3, -0.25) is 19.7 Å². The van der Waals surface area contributed by atoms with E-state index in [1.807, 2.05) is 54.2 Å². The summed E-state index contributed by atoms with van der Waals surface area (Å²) in [7, 11) is 1.95. The molecule has 32 heavy (non-hydrogen) atoms. The zero-order valence-electron chi connectivity index (χ0n) is 17.4. The lowest BCUT2D eigenvalue weighted by atomic mass is 10.0. The van der Waals surface area contributed by atoms with E-state index < -0.39 is 11.9 Å². The lowest BCUT2D eigenvalue weighted by Crippen LogP contribution is -2.52. The molecule has 3 aromatic rings. The predicted molar refractivity (Wildman–Crippen MR) is 122 cm³/mol. The van der Waals surface area contributed by atoms with Gasteiger partial charge in [-0.2, -0.15) is 0 Å². The smallest absolute Gasteiger partial charge is 0.255 e. The number of nitrogens with one attached hydrogen (secondary N) is 1. The molecule has 3 amide bonds. The van der Waals surface area contributed by atoms with Gasteiger partial charge >= 0.3 is 0 Å². The van der Waals surface area contributed by atoms with Crippen molar-refractivity contribution in [3.8, 4) is 22.6 Å². The normalized spacial score (nSPS) is 17.7. The van der Waals surface area contributed by atoms with Crippen molar-refractivity contribution < 1.29 is 14.4 Å². The highest BCUT2D eigenvalue weighted by Gasteiger charge is 2.39. The number of piperidine rings is 1. The minimum atomic E-state index is -0.619. The average Bonchev–Trinajstić information content (AvgIpc) is 3.28. The SMILES string of the molecule is Cl.Cn1c(-c2ccc(N)cc2)cnc1-c1ccc2c(c1)CN(C1CCC(=O)NC1=O)C2=O. The molecule has 0 bridgehead atoms. The molecule has 1 fully saturated rings. The molecule has 2 aromatic carbocycles. The number of nitrogens with zero attached hydrogens (tertiary/aromatic N) is 3. The van der Waals surface area contributed by atoms with Crippen molar-refractivity contribution in [2.24, 2.45) is 7.05 Å². The molecular formula is C23H22ClN5O3. The number of hydrogen-bond donors (Lipinski definition) is 2. The van der Waals surface area contributed by atoms with E-state index in [4.69, 9.17) is 5.73 Å². The highest BCUT2D eigenvalue weighted by atomic mass is 35.5. The van der Waals surface area contributed by atoms with Gasteiger partial charge in [0.2, 0.25) is 11.8 Å². The summed E-state index contributed by atoms with van der Waals surface area (Å²) in [5, 5.41) is 2.33. The Kier molecular flexibility index (Phi) is 5.48. The predicted octanol–water partition coefficient (Wildman–Crippen LogP) is 2.52. The van der Waals surface area contributed by atoms with E-state index in [0.29, 0.717) is 24.2 Å². The lowest BCUT2D eigenvalue weighted by molar-refractivity contribution is -0.136. The fourth-order valence-electron chi connectivity index (χ4n) is 4.31. The first-order valence-corrected chi connectivity index (χ1v) is 10.1. The van der Waals surface area contributed by atoms with Crippen LogP contribution in [0.5, 0.6) is 0 Å². The molecule has 164 valence electrons. The van der Waals surface area contributed by atoms with Crippen LogP contribution in [0.15, 0.2) is 48.7 Å². The maximum absolute atomic E-state index is 12.9. The van der Waals surface area contributed by atoms with Gasteiger partial charge in [-0.1, -0.05) is 18.2 Å². The molecule has 8 nitrogen and oxygen atoms in total. The molecule has 2 aliphatic heterocycles. The summed E-state index contributed by atoms with van der Waals surface area (Å²) >= 11 is 0. The fourth-order valence-corrected chi connectivity index (χ4v) is 4.31. The highest BCUT2D eigenvalue weighted by Crippen LogP contribution is 2.32. The van der Waals surface area contributed by atoms with Crippen LogP contribution in [0, 0.1) is 0 Å². The summed E-state index contributed by atoms with van der Waals surface area (Å²) in [5.74, 6) is -0.103. The molecular weight excluding hydrogens is 430 g/mol. The number of hydrogen-bond acceptors (Lipinski definition) is 5. The van der Waals surface area contributed by atoms with Crippen LogP contribution in [0.2, 0.25) is 0 Å². The van der Waals surface area contributed by atoms with Crippen LogP contribution in [-0.2, 0) is 23.2 Å². The van der Waals surface area contributed by atoms with E-state index in [-0.39, 0.29) is 30.6 Å². The summed E-state index contributed by atoms with van der Waals surface area (Å²) in [4.78, 5) is 42.7. The van der Waals surface area contributed by atoms with Crippen molar-refractivity contribution in [1.29, 1.82) is 0 Å². The van der Waals surface area contributed by atoms with Crippen LogP contribution < -0.4 is 11.1 Å². The number of carbonyl (C=O) groups is 3. The van der Waals surface area contributed by atoms with Crippen molar-refractivity contribution >= 4 is 35.8 Å². The molecule has 1 saturated heterocycles. The molecule has 1 atom stereocenters. The van der Waals surface area contributed by atoms with Gasteiger partial charge in [0, 0.05) is 36.8 Å². The number of rotatable bonds is 3. The highest BCUT2D eigenvalue weighted by molar-refractivity contribution is 6.05. The largest absolute Gasteiger partial charge is 0.399 e. The lowest BCUT2D eigenvalue weighted by Gasteiger charge is -2.29. The van der Waals surface area contributed by atoms with Gasteiger partial charge in [0.05, 0.1) is 11.9 Å². The Morgan fingerprint density at radius 1 is 1.06 bits per heavy atom. The van der Waals surface area contributed by atoms with Crippen LogP contribution in [0.4, 0.5) is 5.69 Å². The van der Waals surface area contributed by atoms with Gasteiger partial charge in [0.15, 0.2) is 0 Å². The number of nitrogen functional groups attached to an aromatic ring is 1. The summed E-state index contributed by atoms with van der Waals surface area (Å²) in [6.07, 6.45) is 2.40. The fraction of sp³-hybridized carbons (Fsp3) is 0.217. The van der Waals surface area contributed by atoms with E-state index in [0.717, 1.165) is 28.2 Å². The van der Waals surface area contributed by atoms with Crippen molar-refractivity contribution in [3.63, 3.8) is 0 Å². The number of nitrogens with two attached hydrogens (primary N) is 1. The molecule has 0 spiro atoms. The van der Waals surface area contributed by atoms with Crippen LogP contribution in [0.1, 0.15) is 28.8 Å². The minimum absolute atomic E-state index is 0. The van der Waals surface area contributed by atoms with Crippen LogP contribution >= 0.6 is 12.4 Å². The molecule has 0 aliphatic carbocycles.